The summed E-state index contributed by atoms with van der Waals surface area (Å²) in [5, 5.41) is 5.88. The number of hydrogen-bond acceptors (Lipinski definition) is 6. The Bertz CT molecular complexity index is 448. The number of amides is 2. The molecule has 0 heterocycles. The molecule has 0 rings (SSSR count). The van der Waals surface area contributed by atoms with Gasteiger partial charge in [-0.1, -0.05) is 19.8 Å². The number of carbonyl (C=O) groups excluding carboxylic acids is 2. The Hall–Kier alpha value is -0.340. The lowest BCUT2D eigenvalue weighted by Gasteiger charge is -2.10. The van der Waals surface area contributed by atoms with Gasteiger partial charge in [0.05, 0.1) is 13.2 Å². The summed E-state index contributed by atoms with van der Waals surface area (Å²) in [6.45, 7) is 2.60. The molecule has 0 fully saturated rings. The molecule has 0 aromatic heterocycles. The van der Waals surface area contributed by atoms with Gasteiger partial charge in [0.1, 0.15) is 6.61 Å². The van der Waals surface area contributed by atoms with E-state index in [1.807, 2.05) is 6.26 Å². The van der Waals surface area contributed by atoms with Gasteiger partial charge in [-0.05, 0) is 37.3 Å². The summed E-state index contributed by atoms with van der Waals surface area (Å²) in [6.07, 6.45) is 6.48. The van der Waals surface area contributed by atoms with Crippen molar-refractivity contribution < 1.29 is 23.7 Å². The second-order valence-electron chi connectivity index (χ2n) is 6.05. The van der Waals surface area contributed by atoms with E-state index in [4.69, 9.17) is 21.1 Å². The van der Waals surface area contributed by atoms with Crippen molar-refractivity contribution in [2.75, 3.05) is 39.2 Å². The molecule has 0 saturated heterocycles. The summed E-state index contributed by atoms with van der Waals surface area (Å²) in [4.78, 5) is 32.4. The van der Waals surface area contributed by atoms with Crippen LogP contribution in [0.5, 0.6) is 0 Å². The SMILES string of the molecule is CSC(C)CCC(=O)NCCOC(=O)NCCCCCCOP(C)(O)=S. The molecule has 0 aromatic rings. The molecule has 2 atom stereocenters. The molecule has 0 spiro atoms. The zero-order valence-corrected chi connectivity index (χ0v) is 18.5. The molecule has 0 aliphatic rings. The average Bonchev–Trinajstić information content (AvgIpc) is 2.57. The summed E-state index contributed by atoms with van der Waals surface area (Å²) < 4.78 is 10.1. The van der Waals surface area contributed by atoms with Crippen LogP contribution in [0.3, 0.4) is 0 Å². The second-order valence-corrected chi connectivity index (χ2v) is 11.2. The number of carbonyl (C=O) groups is 2. The van der Waals surface area contributed by atoms with Crippen LogP contribution in [-0.4, -0.2) is 61.4 Å². The fraction of sp³-hybridized carbons (Fsp3) is 0.875. The van der Waals surface area contributed by atoms with Crippen molar-refractivity contribution in [1.29, 1.82) is 0 Å². The van der Waals surface area contributed by atoms with Gasteiger partial charge in [0.2, 0.25) is 5.91 Å². The molecule has 26 heavy (non-hydrogen) atoms. The van der Waals surface area contributed by atoms with Crippen molar-refractivity contribution in [3.05, 3.63) is 0 Å². The minimum Gasteiger partial charge on any atom is -0.448 e. The number of unbranched alkanes of at least 4 members (excludes halogenated alkanes) is 3. The summed E-state index contributed by atoms with van der Waals surface area (Å²) in [5.41, 5.74) is 0. The van der Waals surface area contributed by atoms with E-state index in [1.165, 1.54) is 6.66 Å². The summed E-state index contributed by atoms with van der Waals surface area (Å²) >= 11 is 6.52. The summed E-state index contributed by atoms with van der Waals surface area (Å²) in [6, 6.07) is 0. The van der Waals surface area contributed by atoms with E-state index in [0.717, 1.165) is 32.1 Å². The second kappa shape index (κ2) is 15.7. The maximum atomic E-state index is 11.6. The van der Waals surface area contributed by atoms with Crippen LogP contribution in [0.2, 0.25) is 0 Å². The van der Waals surface area contributed by atoms with Gasteiger partial charge < -0.3 is 24.8 Å². The first-order valence-corrected chi connectivity index (χ1v) is 13.3. The first kappa shape index (κ1) is 25.7. The largest absolute Gasteiger partial charge is 0.448 e. The van der Waals surface area contributed by atoms with Crippen LogP contribution in [-0.2, 0) is 25.9 Å². The highest BCUT2D eigenvalue weighted by Crippen LogP contribution is 2.37. The summed E-state index contributed by atoms with van der Waals surface area (Å²) in [5.74, 6) is -0.0152. The van der Waals surface area contributed by atoms with Crippen molar-refractivity contribution in [1.82, 2.24) is 10.6 Å². The highest BCUT2D eigenvalue weighted by atomic mass is 32.5. The van der Waals surface area contributed by atoms with Crippen molar-refractivity contribution in [2.45, 2.75) is 50.7 Å². The maximum Gasteiger partial charge on any atom is 0.407 e. The van der Waals surface area contributed by atoms with Crippen LogP contribution in [0, 0.1) is 0 Å². The molecule has 10 heteroatoms. The van der Waals surface area contributed by atoms with Crippen LogP contribution in [0.15, 0.2) is 0 Å². The Morgan fingerprint density at radius 2 is 1.85 bits per heavy atom. The topological polar surface area (TPSA) is 96.9 Å². The molecule has 154 valence electrons. The number of nitrogens with one attached hydrogen (secondary N) is 2. The molecule has 0 aliphatic heterocycles. The number of hydrogen-bond donors (Lipinski definition) is 3. The molecule has 2 amide bonds. The van der Waals surface area contributed by atoms with E-state index in [2.05, 4.69) is 17.6 Å². The predicted octanol–water partition coefficient (Wildman–Crippen LogP) is 2.87. The maximum absolute atomic E-state index is 11.6. The lowest BCUT2D eigenvalue weighted by atomic mass is 10.2. The van der Waals surface area contributed by atoms with Crippen LogP contribution in [0.4, 0.5) is 4.79 Å². The van der Waals surface area contributed by atoms with Crippen molar-refractivity contribution in [3.63, 3.8) is 0 Å². The average molecular weight is 429 g/mol. The van der Waals surface area contributed by atoms with E-state index in [0.29, 0.717) is 31.4 Å². The highest BCUT2D eigenvalue weighted by molar-refractivity contribution is 8.09. The van der Waals surface area contributed by atoms with Crippen molar-refractivity contribution >= 4 is 42.1 Å². The van der Waals surface area contributed by atoms with Crippen LogP contribution >= 0.6 is 18.3 Å². The minimum absolute atomic E-state index is 0.0152. The molecule has 2 unspecified atom stereocenters. The lowest BCUT2D eigenvalue weighted by molar-refractivity contribution is -0.121. The minimum atomic E-state index is -2.54. The van der Waals surface area contributed by atoms with Gasteiger partial charge >= 0.3 is 6.09 Å². The lowest BCUT2D eigenvalue weighted by Crippen LogP contribution is -2.31. The predicted molar refractivity (Wildman–Crippen MR) is 111 cm³/mol. The van der Waals surface area contributed by atoms with Gasteiger partial charge in [0, 0.05) is 24.9 Å². The number of thioether (sulfide) groups is 1. The van der Waals surface area contributed by atoms with Gasteiger partial charge in [-0.2, -0.15) is 11.8 Å². The Morgan fingerprint density at radius 1 is 1.15 bits per heavy atom. The molecule has 0 bridgehead atoms. The fourth-order valence-electron chi connectivity index (χ4n) is 1.93. The molecule has 0 aromatic carbocycles. The Kier molecular flexibility index (Phi) is 15.5. The van der Waals surface area contributed by atoms with Gasteiger partial charge in [0.15, 0.2) is 6.49 Å². The van der Waals surface area contributed by atoms with Crippen LogP contribution < -0.4 is 10.6 Å². The molecule has 3 N–H and O–H groups in total. The number of ether oxygens (including phenoxy) is 1. The number of rotatable bonds is 15. The van der Waals surface area contributed by atoms with Crippen LogP contribution in [0.25, 0.3) is 0 Å². The zero-order chi connectivity index (χ0) is 19.8. The Morgan fingerprint density at radius 3 is 2.50 bits per heavy atom. The first-order valence-electron chi connectivity index (χ1n) is 8.89. The third-order valence-electron chi connectivity index (χ3n) is 3.51. The zero-order valence-electron chi connectivity index (χ0n) is 16.0. The van der Waals surface area contributed by atoms with Gasteiger partial charge in [-0.25, -0.2) is 4.79 Å². The Balaban J connectivity index is 3.42. The summed E-state index contributed by atoms with van der Waals surface area (Å²) in [7, 11) is 0. The van der Waals surface area contributed by atoms with Gasteiger partial charge in [0.25, 0.3) is 0 Å². The fourth-order valence-corrected chi connectivity index (χ4v) is 2.98. The van der Waals surface area contributed by atoms with E-state index >= 15 is 0 Å². The molecule has 0 saturated carbocycles. The first-order chi connectivity index (χ1) is 12.2. The standard InChI is InChI=1S/C16H33N2O5PS2/c1-14(26-3)8-9-15(19)17-11-13-22-16(20)18-10-6-4-5-7-12-23-24(2,21)25/h14H,4-13H2,1-3H3,(H,17,19)(H,18,20)(H,21,25). The van der Waals surface area contributed by atoms with Gasteiger partial charge in [-0.15, -0.1) is 0 Å². The van der Waals surface area contributed by atoms with Crippen molar-refractivity contribution in [2.24, 2.45) is 0 Å². The third kappa shape index (κ3) is 18.5. The van der Waals surface area contributed by atoms with E-state index in [-0.39, 0.29) is 12.5 Å². The molecular weight excluding hydrogens is 395 g/mol. The molecule has 0 radical (unpaired) electrons. The highest BCUT2D eigenvalue weighted by Gasteiger charge is 2.06. The monoisotopic (exact) mass is 428 g/mol. The molecule has 7 nitrogen and oxygen atoms in total. The van der Waals surface area contributed by atoms with E-state index in [9.17, 15) is 14.5 Å². The normalized spacial score (nSPS) is 14.3. The quantitative estimate of drug-likeness (QED) is 0.273. The third-order valence-corrected chi connectivity index (χ3v) is 5.53. The van der Waals surface area contributed by atoms with Gasteiger partial charge in [-0.3, -0.25) is 4.79 Å². The van der Waals surface area contributed by atoms with Crippen LogP contribution in [0.1, 0.15) is 45.4 Å². The molecular formula is C16H33N2O5PS2. The molecule has 0 aliphatic carbocycles. The van der Waals surface area contributed by atoms with E-state index in [1.54, 1.807) is 11.8 Å². The Labute approximate surface area is 166 Å². The smallest absolute Gasteiger partial charge is 0.407 e. The van der Waals surface area contributed by atoms with E-state index < -0.39 is 12.6 Å². The van der Waals surface area contributed by atoms with Crippen molar-refractivity contribution in [3.8, 4) is 0 Å². The number of alkyl carbamates (subject to hydrolysis) is 1.